The van der Waals surface area contributed by atoms with E-state index in [2.05, 4.69) is 48.5 Å². The van der Waals surface area contributed by atoms with Gasteiger partial charge in [-0.1, -0.05) is 0 Å². The zero-order valence-corrected chi connectivity index (χ0v) is 21.5. The third-order valence-corrected chi connectivity index (χ3v) is 9.71. The Morgan fingerprint density at radius 1 is 0.515 bits per heavy atom. The van der Waals surface area contributed by atoms with Gasteiger partial charge in [0, 0.05) is 0 Å². The van der Waals surface area contributed by atoms with Gasteiger partial charge >= 0.3 is 193 Å². The summed E-state index contributed by atoms with van der Waals surface area (Å²) in [5.41, 5.74) is 6.11. The van der Waals surface area contributed by atoms with Gasteiger partial charge in [-0.25, -0.2) is 0 Å². The molecule has 0 saturated heterocycles. The minimum Gasteiger partial charge on any atom is -1.00 e. The number of hydrogen-bond donors (Lipinski definition) is 0. The van der Waals surface area contributed by atoms with Gasteiger partial charge < -0.3 is 24.8 Å². The molecule has 0 heterocycles. The quantitative estimate of drug-likeness (QED) is 0.255. The van der Waals surface area contributed by atoms with E-state index >= 15 is 0 Å². The van der Waals surface area contributed by atoms with Crippen LogP contribution >= 0.6 is 0 Å². The van der Waals surface area contributed by atoms with Crippen LogP contribution < -0.4 is 24.8 Å². The van der Waals surface area contributed by atoms with E-state index in [1.165, 1.54) is 22.3 Å². The number of Topliss-reactive ketones (excluding diaryl/α,β-unsaturated/α-hetero) is 2. The Hall–Kier alpha value is -2.45. The Morgan fingerprint density at radius 3 is 1.30 bits per heavy atom. The van der Waals surface area contributed by atoms with Gasteiger partial charge in [0.15, 0.2) is 0 Å². The largest absolute Gasteiger partial charge is 1.00 e. The van der Waals surface area contributed by atoms with Crippen LogP contribution in [0, 0.1) is 0 Å². The standard InChI is InChI=1S/C15H10O2.C13H9.2ClH.Zr/c16-14(12-7-3-1-4-8-12)11-15(17)13-9-5-2-6-10-13;1-3-7-12-10(5-1)9-11-6-2-4-8-13(11)12;;;/h1-10H;1-9H;2*1H;/q;;;;+2/p-2. The van der Waals surface area contributed by atoms with Gasteiger partial charge in [-0.15, -0.1) is 0 Å². The number of rotatable bonds is 5. The fourth-order valence-corrected chi connectivity index (χ4v) is 8.22. The van der Waals surface area contributed by atoms with E-state index in [1.807, 2.05) is 36.4 Å². The molecule has 2 nitrogen and oxygen atoms in total. The summed E-state index contributed by atoms with van der Waals surface area (Å²) in [6.45, 7) is 0. The van der Waals surface area contributed by atoms with E-state index in [1.54, 1.807) is 24.3 Å². The monoisotopic (exact) mass is 547 g/mol. The van der Waals surface area contributed by atoms with Gasteiger partial charge in [-0.3, -0.25) is 0 Å². The smallest absolute Gasteiger partial charge is 1.00 e. The molecule has 4 aromatic rings. The van der Waals surface area contributed by atoms with Crippen LogP contribution in [0.3, 0.4) is 0 Å². The average Bonchev–Trinajstić information content (AvgIpc) is 3.16. The topological polar surface area (TPSA) is 34.1 Å². The fourth-order valence-electron chi connectivity index (χ4n) is 4.16. The first-order chi connectivity index (χ1) is 15.2. The summed E-state index contributed by atoms with van der Waals surface area (Å²) in [5.74, 6) is -0.245. The van der Waals surface area contributed by atoms with Gasteiger partial charge in [-0.2, -0.15) is 0 Å². The first kappa shape index (κ1) is 25.2. The number of carbonyl (C=O) groups excluding carboxylic acids is 2. The molecule has 0 unspecified atom stereocenters. The summed E-state index contributed by atoms with van der Waals surface area (Å²) in [6.07, 6.45) is 0. The molecule has 0 amide bonds. The molecule has 161 valence electrons. The minimum absolute atomic E-state index is 0. The average molecular weight is 550 g/mol. The van der Waals surface area contributed by atoms with E-state index in [4.69, 9.17) is 0 Å². The Kier molecular flexibility index (Phi) is 8.48. The summed E-state index contributed by atoms with van der Waals surface area (Å²) in [5, 5.41) is 0. The van der Waals surface area contributed by atoms with Gasteiger partial charge in [0.2, 0.25) is 0 Å². The fraction of sp³-hybridized carbons (Fsp3) is 0.0357. The normalized spacial score (nSPS) is 11.2. The molecule has 0 aromatic heterocycles. The van der Waals surface area contributed by atoms with Gasteiger partial charge in [0.05, 0.1) is 0 Å². The maximum Gasteiger partial charge on any atom is -1.00 e. The predicted molar refractivity (Wildman–Crippen MR) is 120 cm³/mol. The molecule has 5 heteroatoms. The Bertz CT molecular complexity index is 1220. The number of halogens is 2. The molecule has 0 aliphatic heterocycles. The predicted octanol–water partition coefficient (Wildman–Crippen LogP) is -0.215. The van der Waals surface area contributed by atoms with Gasteiger partial charge in [-0.05, 0) is 0 Å². The molecule has 0 radical (unpaired) electrons. The zero-order chi connectivity index (χ0) is 21.2. The van der Waals surface area contributed by atoms with Crippen molar-refractivity contribution in [3.8, 4) is 11.1 Å². The molecule has 0 N–H and O–H groups in total. The number of hydrogen-bond acceptors (Lipinski definition) is 2. The van der Waals surface area contributed by atoms with Crippen molar-refractivity contribution in [3.63, 3.8) is 0 Å². The van der Waals surface area contributed by atoms with Crippen LogP contribution in [-0.4, -0.2) is 14.8 Å². The molecule has 0 fully saturated rings. The molecular formula is C28H19Cl2O2Zr. The van der Waals surface area contributed by atoms with Crippen LogP contribution in [-0.2, 0) is 22.8 Å². The van der Waals surface area contributed by atoms with Crippen LogP contribution in [0.5, 0.6) is 0 Å². The molecule has 33 heavy (non-hydrogen) atoms. The van der Waals surface area contributed by atoms with Crippen LogP contribution in [0.2, 0.25) is 0 Å². The molecular weight excluding hydrogens is 530 g/mol. The second kappa shape index (κ2) is 11.1. The molecule has 4 aromatic carbocycles. The van der Waals surface area contributed by atoms with Gasteiger partial charge in [0.1, 0.15) is 0 Å². The van der Waals surface area contributed by atoms with Crippen molar-refractivity contribution >= 4 is 14.8 Å². The Labute approximate surface area is 216 Å². The summed E-state index contributed by atoms with van der Waals surface area (Å²) < 4.78 is 0.642. The molecule has 0 bridgehead atoms. The Morgan fingerprint density at radius 2 is 0.879 bits per heavy atom. The SMILES string of the molecule is O=C([C](=[Zr+2][CH]1c2ccccc2-c2ccccc21)C(=O)c1ccccc1)c1ccccc1.[Cl-].[Cl-]. The molecule has 1 aliphatic rings. The summed E-state index contributed by atoms with van der Waals surface area (Å²) in [4.78, 5) is 27.1. The molecule has 0 atom stereocenters. The van der Waals surface area contributed by atoms with Crippen LogP contribution in [0.25, 0.3) is 11.1 Å². The number of fused-ring (bicyclic) bond motifs is 3. The van der Waals surface area contributed by atoms with E-state index < -0.39 is 22.8 Å². The number of ketones is 2. The molecule has 0 saturated carbocycles. The first-order valence-electron chi connectivity index (χ1n) is 10.3. The summed E-state index contributed by atoms with van der Waals surface area (Å²) >= 11 is -1.65. The van der Waals surface area contributed by atoms with E-state index in [9.17, 15) is 9.59 Å². The van der Waals surface area contributed by atoms with Crippen molar-refractivity contribution in [1.29, 1.82) is 0 Å². The minimum atomic E-state index is -1.65. The second-order valence-corrected chi connectivity index (χ2v) is 10.9. The zero-order valence-electron chi connectivity index (χ0n) is 17.5. The van der Waals surface area contributed by atoms with Crippen molar-refractivity contribution in [2.24, 2.45) is 0 Å². The maximum absolute atomic E-state index is 13.6. The van der Waals surface area contributed by atoms with Crippen molar-refractivity contribution < 1.29 is 57.2 Å². The molecule has 5 rings (SSSR count). The Balaban J connectivity index is 0.00000153. The third kappa shape index (κ3) is 4.92. The maximum atomic E-state index is 13.6. The summed E-state index contributed by atoms with van der Waals surface area (Å²) in [7, 11) is 0. The second-order valence-electron chi connectivity index (χ2n) is 7.52. The van der Waals surface area contributed by atoms with Crippen LogP contribution in [0.15, 0.2) is 109 Å². The van der Waals surface area contributed by atoms with E-state index in [-0.39, 0.29) is 40.0 Å². The van der Waals surface area contributed by atoms with Crippen molar-refractivity contribution in [3.05, 3.63) is 131 Å². The van der Waals surface area contributed by atoms with E-state index in [0.29, 0.717) is 14.3 Å². The van der Waals surface area contributed by atoms with Crippen molar-refractivity contribution in [1.82, 2.24) is 0 Å². The third-order valence-electron chi connectivity index (χ3n) is 5.65. The molecule has 0 spiro atoms. The number of carbonyl (C=O) groups is 2. The number of benzene rings is 4. The van der Waals surface area contributed by atoms with Gasteiger partial charge in [0.25, 0.3) is 0 Å². The van der Waals surface area contributed by atoms with Crippen LogP contribution in [0.1, 0.15) is 35.5 Å². The van der Waals surface area contributed by atoms with Crippen molar-refractivity contribution in [2.45, 2.75) is 3.63 Å². The summed E-state index contributed by atoms with van der Waals surface area (Å²) in [6, 6.07) is 35.2. The van der Waals surface area contributed by atoms with E-state index in [0.717, 1.165) is 0 Å². The first-order valence-corrected chi connectivity index (χ1v) is 12.9. The van der Waals surface area contributed by atoms with Crippen LogP contribution in [0.4, 0.5) is 0 Å². The van der Waals surface area contributed by atoms with Crippen molar-refractivity contribution in [2.75, 3.05) is 0 Å². The molecule has 1 aliphatic carbocycles.